The Labute approximate surface area is 268 Å². The van der Waals surface area contributed by atoms with Crippen molar-refractivity contribution in [2.45, 2.75) is 24.9 Å². The first-order valence-electron chi connectivity index (χ1n) is 14.2. The van der Waals surface area contributed by atoms with Crippen LogP contribution in [0.1, 0.15) is 40.7 Å². The molecule has 6 rings (SSSR count). The zero-order valence-electron chi connectivity index (χ0n) is 26.4. The number of benzene rings is 2. The number of nitrogens with zero attached hydrogens (tertiary/aromatic N) is 2. The number of Topliss-reactive ketones (excluding diaryl/α,β-unsaturated/α-hetero) is 2. The van der Waals surface area contributed by atoms with Gasteiger partial charge in [-0.05, 0) is 12.5 Å². The number of rotatable bonds is 6. The summed E-state index contributed by atoms with van der Waals surface area (Å²) < 4.78 is 36.4. The summed E-state index contributed by atoms with van der Waals surface area (Å²) in [4.78, 5) is 56.6. The normalized spacial score (nSPS) is 21.2. The Morgan fingerprint density at radius 3 is 2.02 bits per heavy atom. The number of ether oxygens (including phenoxy) is 6. The van der Waals surface area contributed by atoms with Crippen LogP contribution >= 0.6 is 11.6 Å². The van der Waals surface area contributed by atoms with Crippen molar-refractivity contribution >= 4 is 29.0 Å². The Kier molecular flexibility index (Phi) is 7.34. The first kappa shape index (κ1) is 31.1. The fourth-order valence-electron chi connectivity index (χ4n) is 6.78. The molecule has 0 saturated carbocycles. The lowest BCUT2D eigenvalue weighted by Crippen LogP contribution is -2.58. The number of anilines is 1. The Hall–Kier alpha value is -4.91. The molecule has 2 aromatic carbocycles. The summed E-state index contributed by atoms with van der Waals surface area (Å²) in [5.74, 6) is -1.74. The second-order valence-corrected chi connectivity index (χ2v) is 11.6. The number of aromatic nitrogens is 2. The summed E-state index contributed by atoms with van der Waals surface area (Å²) in [5.41, 5.74) is -2.28. The van der Waals surface area contributed by atoms with Crippen LogP contribution in [0.15, 0.2) is 39.1 Å². The maximum absolute atomic E-state index is 15.1. The van der Waals surface area contributed by atoms with Gasteiger partial charge in [-0.25, -0.2) is 4.79 Å². The SMILES string of the molecule is COc1cc(OC)c(C2C3=C(CC(C)C4(Oc5c(Cl)c(OC)cc(OC)c5C4=O)C3=O)Nc3c2c(=O)n(C)c(=O)n3C)cc1OC. The van der Waals surface area contributed by atoms with Gasteiger partial charge < -0.3 is 33.7 Å². The molecule has 3 atom stereocenters. The molecular weight excluding hydrogens is 622 g/mol. The highest BCUT2D eigenvalue weighted by Crippen LogP contribution is 2.57. The third-order valence-electron chi connectivity index (χ3n) is 9.12. The molecule has 2 aliphatic heterocycles. The molecule has 1 aromatic heterocycles. The summed E-state index contributed by atoms with van der Waals surface area (Å²) in [6.45, 7) is 1.72. The highest BCUT2D eigenvalue weighted by atomic mass is 35.5. The molecule has 1 spiro atoms. The molecule has 1 aliphatic carbocycles. The number of carbonyl (C=O) groups excluding carboxylic acids is 2. The molecule has 14 heteroatoms. The zero-order valence-corrected chi connectivity index (χ0v) is 27.2. The molecule has 0 radical (unpaired) electrons. The van der Waals surface area contributed by atoms with E-state index in [2.05, 4.69) is 5.32 Å². The molecule has 0 bridgehead atoms. The van der Waals surface area contributed by atoms with E-state index in [1.165, 1.54) is 60.3 Å². The van der Waals surface area contributed by atoms with Gasteiger partial charge in [-0.15, -0.1) is 0 Å². The van der Waals surface area contributed by atoms with Crippen LogP contribution in [0.5, 0.6) is 34.5 Å². The van der Waals surface area contributed by atoms with Crippen LogP contribution in [-0.4, -0.2) is 61.9 Å². The molecule has 1 N–H and O–H groups in total. The summed E-state index contributed by atoms with van der Waals surface area (Å²) in [5, 5.41) is 3.21. The van der Waals surface area contributed by atoms with Crippen molar-refractivity contribution in [3.8, 4) is 34.5 Å². The average Bonchev–Trinajstić information content (AvgIpc) is 3.38. The predicted octanol–water partition coefficient (Wildman–Crippen LogP) is 3.21. The quantitative estimate of drug-likeness (QED) is 0.392. The van der Waals surface area contributed by atoms with Crippen LogP contribution in [0.2, 0.25) is 5.02 Å². The molecule has 3 heterocycles. The Morgan fingerprint density at radius 1 is 0.826 bits per heavy atom. The van der Waals surface area contributed by atoms with Gasteiger partial charge in [0.05, 0.1) is 47.0 Å². The Bertz CT molecular complexity index is 2010. The number of halogens is 1. The van der Waals surface area contributed by atoms with Gasteiger partial charge in [-0.1, -0.05) is 18.5 Å². The van der Waals surface area contributed by atoms with E-state index in [4.69, 9.17) is 40.0 Å². The van der Waals surface area contributed by atoms with Gasteiger partial charge >= 0.3 is 5.69 Å². The molecule has 0 fully saturated rings. The van der Waals surface area contributed by atoms with Gasteiger partial charge in [0.25, 0.3) is 5.56 Å². The molecule has 0 amide bonds. The molecular formula is C32H32ClN3O10. The van der Waals surface area contributed by atoms with Crippen LogP contribution in [0.25, 0.3) is 0 Å². The Balaban J connectivity index is 1.66. The van der Waals surface area contributed by atoms with Gasteiger partial charge in [-0.3, -0.25) is 23.5 Å². The molecule has 3 aromatic rings. The van der Waals surface area contributed by atoms with Crippen LogP contribution in [0, 0.1) is 5.92 Å². The maximum Gasteiger partial charge on any atom is 0.332 e. The minimum absolute atomic E-state index is 0.0115. The standard InChI is InChI=1S/C32H32ClN3O10/c1-13-9-15-22(27(37)32(13)28(38)23-19(44-7)12-20(45-8)25(33)26(23)46-32)21(14-10-17(42-5)18(43-6)11-16(14)41-4)24-29(34-15)35(2)31(40)36(3)30(24)39/h10-13,21,34H,9H2,1-8H3. The summed E-state index contributed by atoms with van der Waals surface area (Å²) in [6, 6.07) is 4.66. The predicted molar refractivity (Wildman–Crippen MR) is 167 cm³/mol. The van der Waals surface area contributed by atoms with E-state index in [0.29, 0.717) is 22.8 Å². The smallest absolute Gasteiger partial charge is 0.332 e. The molecule has 3 unspecified atom stereocenters. The number of methoxy groups -OCH3 is 5. The lowest BCUT2D eigenvalue weighted by atomic mass is 9.65. The largest absolute Gasteiger partial charge is 0.496 e. The molecule has 3 aliphatic rings. The number of hydrogen-bond donors (Lipinski definition) is 1. The summed E-state index contributed by atoms with van der Waals surface area (Å²) in [7, 11) is 10.0. The number of carbonyl (C=O) groups is 2. The Morgan fingerprint density at radius 2 is 1.41 bits per heavy atom. The lowest BCUT2D eigenvalue weighted by molar-refractivity contribution is -0.130. The lowest BCUT2D eigenvalue weighted by Gasteiger charge is -2.42. The van der Waals surface area contributed by atoms with E-state index in [9.17, 15) is 14.4 Å². The topological polar surface area (TPSA) is 146 Å². The van der Waals surface area contributed by atoms with Crippen molar-refractivity contribution in [3.05, 3.63) is 72.0 Å². The van der Waals surface area contributed by atoms with E-state index in [0.717, 1.165) is 4.57 Å². The number of nitrogens with one attached hydrogen (secondary N) is 1. The van der Waals surface area contributed by atoms with Crippen molar-refractivity contribution in [1.82, 2.24) is 9.13 Å². The molecule has 13 nitrogen and oxygen atoms in total. The van der Waals surface area contributed by atoms with Gasteiger partial charge in [-0.2, -0.15) is 0 Å². The maximum atomic E-state index is 15.1. The van der Waals surface area contributed by atoms with E-state index in [1.54, 1.807) is 19.1 Å². The van der Waals surface area contributed by atoms with Gasteiger partial charge in [0, 0.05) is 49.0 Å². The van der Waals surface area contributed by atoms with E-state index >= 15 is 4.79 Å². The van der Waals surface area contributed by atoms with Crippen molar-refractivity contribution in [1.29, 1.82) is 0 Å². The van der Waals surface area contributed by atoms with E-state index < -0.39 is 40.3 Å². The summed E-state index contributed by atoms with van der Waals surface area (Å²) >= 11 is 6.64. The molecule has 0 saturated heterocycles. The van der Waals surface area contributed by atoms with Crippen molar-refractivity contribution in [2.24, 2.45) is 20.0 Å². The fourth-order valence-corrected chi connectivity index (χ4v) is 7.04. The fraction of sp³-hybridized carbons (Fsp3) is 0.375. The minimum Gasteiger partial charge on any atom is -0.496 e. The first-order chi connectivity index (χ1) is 21.9. The zero-order chi connectivity index (χ0) is 33.4. The van der Waals surface area contributed by atoms with Crippen LogP contribution in [-0.2, 0) is 18.9 Å². The molecule has 46 heavy (non-hydrogen) atoms. The van der Waals surface area contributed by atoms with Gasteiger partial charge in [0.1, 0.15) is 33.7 Å². The second-order valence-electron chi connectivity index (χ2n) is 11.3. The van der Waals surface area contributed by atoms with Crippen LogP contribution in [0.3, 0.4) is 0 Å². The van der Waals surface area contributed by atoms with Crippen molar-refractivity contribution in [2.75, 3.05) is 40.9 Å². The first-order valence-corrected chi connectivity index (χ1v) is 14.6. The highest BCUT2D eigenvalue weighted by molar-refractivity contribution is 6.36. The monoisotopic (exact) mass is 653 g/mol. The van der Waals surface area contributed by atoms with E-state index in [-0.39, 0.29) is 57.0 Å². The van der Waals surface area contributed by atoms with Gasteiger partial charge in [0.2, 0.25) is 17.2 Å². The van der Waals surface area contributed by atoms with Gasteiger partial charge in [0.15, 0.2) is 17.2 Å². The molecule has 242 valence electrons. The number of hydrogen-bond acceptors (Lipinski definition) is 11. The van der Waals surface area contributed by atoms with E-state index in [1.807, 2.05) is 0 Å². The minimum atomic E-state index is -2.06. The summed E-state index contributed by atoms with van der Waals surface area (Å²) in [6.07, 6.45) is 0.132. The third kappa shape index (κ3) is 3.93. The number of allylic oxidation sites excluding steroid dienone is 1. The van der Waals surface area contributed by atoms with Crippen LogP contribution < -0.4 is 45.0 Å². The van der Waals surface area contributed by atoms with Crippen LogP contribution in [0.4, 0.5) is 5.82 Å². The number of fused-ring (bicyclic) bond motifs is 2. The average molecular weight is 654 g/mol. The highest BCUT2D eigenvalue weighted by Gasteiger charge is 2.64. The van der Waals surface area contributed by atoms with Crippen molar-refractivity contribution < 1.29 is 38.0 Å². The second kappa shape index (κ2) is 10.9. The third-order valence-corrected chi connectivity index (χ3v) is 9.48. The van der Waals surface area contributed by atoms with Crippen molar-refractivity contribution in [3.63, 3.8) is 0 Å². The number of ketones is 2.